The second-order valence-corrected chi connectivity index (χ2v) is 6.25. The number of nitrogens with one attached hydrogen (secondary N) is 1. The quantitative estimate of drug-likeness (QED) is 0.742. The smallest absolute Gasteiger partial charge is 0.279 e. The van der Waals surface area contributed by atoms with E-state index in [4.69, 9.17) is 5.73 Å². The molecule has 0 heterocycles. The highest BCUT2D eigenvalue weighted by Gasteiger charge is 2.31. The fraction of sp³-hybridized carbons (Fsp3) is 1.00. The van der Waals surface area contributed by atoms with E-state index in [9.17, 15) is 8.42 Å². The Bertz CT molecular complexity index is 305. The Balaban J connectivity index is 2.64. The number of hydrogen-bond acceptors (Lipinski definition) is 3. The fourth-order valence-electron chi connectivity index (χ4n) is 2.10. The van der Waals surface area contributed by atoms with Crippen molar-refractivity contribution in [2.45, 2.75) is 51.1 Å². The third kappa shape index (κ3) is 3.41. The van der Waals surface area contributed by atoms with Crippen molar-refractivity contribution in [2.24, 2.45) is 5.73 Å². The normalized spacial score (nSPS) is 27.2. The molecule has 0 amide bonds. The summed E-state index contributed by atoms with van der Waals surface area (Å²) >= 11 is 0. The molecule has 1 rings (SSSR count). The standard InChI is InChI=1S/C10H23N3O2S/c1-3-8-12-16(14,15)13(2)10-7-5-4-6-9(10)11/h9-10,12H,3-8,11H2,1-2H3. The van der Waals surface area contributed by atoms with Crippen LogP contribution in [0.1, 0.15) is 39.0 Å². The maximum Gasteiger partial charge on any atom is 0.279 e. The van der Waals surface area contributed by atoms with E-state index >= 15 is 0 Å². The molecule has 6 heteroatoms. The van der Waals surface area contributed by atoms with Gasteiger partial charge in [0.2, 0.25) is 0 Å². The first kappa shape index (κ1) is 13.9. The Morgan fingerprint density at radius 2 is 2.00 bits per heavy atom. The molecule has 1 saturated carbocycles. The number of nitrogens with zero attached hydrogens (tertiary/aromatic N) is 1. The predicted octanol–water partition coefficient (Wildman–Crippen LogP) is 0.433. The first-order valence-electron chi connectivity index (χ1n) is 5.97. The van der Waals surface area contributed by atoms with Gasteiger partial charge in [0.15, 0.2) is 0 Å². The molecular weight excluding hydrogens is 226 g/mol. The Labute approximate surface area is 98.6 Å². The molecule has 0 saturated heterocycles. The van der Waals surface area contributed by atoms with Gasteiger partial charge in [-0.3, -0.25) is 0 Å². The minimum Gasteiger partial charge on any atom is -0.326 e. The topological polar surface area (TPSA) is 75.4 Å². The van der Waals surface area contributed by atoms with Gasteiger partial charge in [-0.25, -0.2) is 4.72 Å². The van der Waals surface area contributed by atoms with Crippen LogP contribution in [0.5, 0.6) is 0 Å². The summed E-state index contributed by atoms with van der Waals surface area (Å²) in [6.45, 7) is 2.42. The van der Waals surface area contributed by atoms with Crippen molar-refractivity contribution < 1.29 is 8.42 Å². The predicted molar refractivity (Wildman–Crippen MR) is 65.2 cm³/mol. The van der Waals surface area contributed by atoms with Crippen molar-refractivity contribution in [3.8, 4) is 0 Å². The summed E-state index contributed by atoms with van der Waals surface area (Å²) in [6.07, 6.45) is 4.74. The van der Waals surface area contributed by atoms with Gasteiger partial charge in [0.25, 0.3) is 10.2 Å². The molecule has 5 nitrogen and oxygen atoms in total. The second-order valence-electron chi connectivity index (χ2n) is 4.43. The molecule has 0 aliphatic heterocycles. The number of hydrogen-bond donors (Lipinski definition) is 2. The van der Waals surface area contributed by atoms with Crippen molar-refractivity contribution in [3.63, 3.8) is 0 Å². The summed E-state index contributed by atoms with van der Waals surface area (Å²) in [7, 11) is -1.73. The minimum absolute atomic E-state index is 0.0306. The van der Waals surface area contributed by atoms with Crippen LogP contribution in [0.2, 0.25) is 0 Å². The molecule has 16 heavy (non-hydrogen) atoms. The maximum atomic E-state index is 11.9. The molecule has 1 fully saturated rings. The van der Waals surface area contributed by atoms with Crippen LogP contribution < -0.4 is 10.5 Å². The highest BCUT2D eigenvalue weighted by molar-refractivity contribution is 7.87. The van der Waals surface area contributed by atoms with Gasteiger partial charge >= 0.3 is 0 Å². The van der Waals surface area contributed by atoms with Crippen molar-refractivity contribution in [3.05, 3.63) is 0 Å². The molecule has 0 aromatic heterocycles. The number of nitrogens with two attached hydrogens (primary N) is 1. The molecule has 3 N–H and O–H groups in total. The van der Waals surface area contributed by atoms with E-state index in [0.717, 1.165) is 32.1 Å². The van der Waals surface area contributed by atoms with Crippen LogP contribution >= 0.6 is 0 Å². The van der Waals surface area contributed by atoms with Gasteiger partial charge in [-0.05, 0) is 19.3 Å². The Morgan fingerprint density at radius 3 is 2.56 bits per heavy atom. The molecule has 0 aromatic carbocycles. The van der Waals surface area contributed by atoms with E-state index in [1.165, 1.54) is 4.31 Å². The lowest BCUT2D eigenvalue weighted by atomic mass is 9.91. The van der Waals surface area contributed by atoms with Gasteiger partial charge in [0, 0.05) is 25.7 Å². The SMILES string of the molecule is CCCNS(=O)(=O)N(C)C1CCCCC1N. The summed E-state index contributed by atoms with van der Waals surface area (Å²) in [4.78, 5) is 0. The van der Waals surface area contributed by atoms with Gasteiger partial charge in [0.05, 0.1) is 0 Å². The molecule has 0 aromatic rings. The number of likely N-dealkylation sites (N-methyl/N-ethyl adjacent to an activating group) is 1. The molecule has 1 aliphatic rings. The van der Waals surface area contributed by atoms with E-state index < -0.39 is 10.2 Å². The highest BCUT2D eigenvalue weighted by Crippen LogP contribution is 2.22. The van der Waals surface area contributed by atoms with Crippen LogP contribution in [0, 0.1) is 0 Å². The second kappa shape index (κ2) is 5.95. The minimum atomic E-state index is -3.35. The third-order valence-electron chi connectivity index (χ3n) is 3.16. The van der Waals surface area contributed by atoms with Crippen LogP contribution in [0.3, 0.4) is 0 Å². The zero-order valence-corrected chi connectivity index (χ0v) is 11.0. The molecular formula is C10H23N3O2S. The average Bonchev–Trinajstić information content (AvgIpc) is 2.26. The van der Waals surface area contributed by atoms with E-state index in [2.05, 4.69) is 4.72 Å². The van der Waals surface area contributed by atoms with Gasteiger partial charge in [-0.15, -0.1) is 0 Å². The lowest BCUT2D eigenvalue weighted by Gasteiger charge is -2.35. The van der Waals surface area contributed by atoms with Crippen molar-refractivity contribution in [1.82, 2.24) is 9.03 Å². The number of rotatable bonds is 5. The van der Waals surface area contributed by atoms with E-state index in [0.29, 0.717) is 6.54 Å². The van der Waals surface area contributed by atoms with E-state index in [1.54, 1.807) is 7.05 Å². The van der Waals surface area contributed by atoms with Gasteiger partial charge in [-0.2, -0.15) is 12.7 Å². The van der Waals surface area contributed by atoms with Crippen LogP contribution in [-0.4, -0.2) is 38.4 Å². The molecule has 2 atom stereocenters. The van der Waals surface area contributed by atoms with Crippen molar-refractivity contribution in [2.75, 3.05) is 13.6 Å². The third-order valence-corrected chi connectivity index (χ3v) is 4.76. The highest BCUT2D eigenvalue weighted by atomic mass is 32.2. The van der Waals surface area contributed by atoms with Gasteiger partial charge in [0.1, 0.15) is 0 Å². The monoisotopic (exact) mass is 249 g/mol. The molecule has 0 bridgehead atoms. The Hall–Kier alpha value is -0.170. The summed E-state index contributed by atoms with van der Waals surface area (Å²) in [5.41, 5.74) is 5.97. The summed E-state index contributed by atoms with van der Waals surface area (Å²) in [5, 5.41) is 0. The van der Waals surface area contributed by atoms with Crippen LogP contribution in [0.4, 0.5) is 0 Å². The Morgan fingerprint density at radius 1 is 1.38 bits per heavy atom. The van der Waals surface area contributed by atoms with Crippen molar-refractivity contribution in [1.29, 1.82) is 0 Å². The Kier molecular flexibility index (Phi) is 5.17. The molecule has 0 radical (unpaired) electrons. The van der Waals surface area contributed by atoms with E-state index in [1.807, 2.05) is 6.92 Å². The first-order chi connectivity index (χ1) is 7.49. The van der Waals surface area contributed by atoms with Crippen LogP contribution in [-0.2, 0) is 10.2 Å². The van der Waals surface area contributed by atoms with E-state index in [-0.39, 0.29) is 12.1 Å². The lowest BCUT2D eigenvalue weighted by Crippen LogP contribution is -2.53. The first-order valence-corrected chi connectivity index (χ1v) is 7.41. The molecule has 0 spiro atoms. The fourth-order valence-corrected chi connectivity index (χ4v) is 3.39. The summed E-state index contributed by atoms with van der Waals surface area (Å²) < 4.78 is 27.8. The summed E-state index contributed by atoms with van der Waals surface area (Å²) in [6, 6.07) is -0.0833. The van der Waals surface area contributed by atoms with Crippen LogP contribution in [0.25, 0.3) is 0 Å². The molecule has 1 aliphatic carbocycles. The van der Waals surface area contributed by atoms with Crippen LogP contribution in [0.15, 0.2) is 0 Å². The largest absolute Gasteiger partial charge is 0.326 e. The van der Waals surface area contributed by atoms with Gasteiger partial charge in [-0.1, -0.05) is 19.8 Å². The maximum absolute atomic E-state index is 11.9. The zero-order chi connectivity index (χ0) is 12.2. The van der Waals surface area contributed by atoms with Crippen molar-refractivity contribution >= 4 is 10.2 Å². The molecule has 2 unspecified atom stereocenters. The van der Waals surface area contributed by atoms with Gasteiger partial charge < -0.3 is 5.73 Å². The molecule has 96 valence electrons. The lowest BCUT2D eigenvalue weighted by molar-refractivity contribution is 0.250. The average molecular weight is 249 g/mol. The summed E-state index contributed by atoms with van der Waals surface area (Å²) in [5.74, 6) is 0. The zero-order valence-electron chi connectivity index (χ0n) is 10.1.